The van der Waals surface area contributed by atoms with Gasteiger partial charge in [-0.15, -0.1) is 0 Å². The number of amides is 1. The molecular formula is C37H46ClF3N10O5. The molecule has 4 aromatic rings. The van der Waals surface area contributed by atoms with Crippen LogP contribution in [0.3, 0.4) is 0 Å². The standard InChI is InChI=1S/C28H29ClF3N7O2.C6H8N2O2.C2H6.CH3NO/c1-4-22-25(38-11-9-37(3)10-12-38)27(40)39(15-19-5-7-20(14-21(19)29)28(30,31)32)36-26(34-16-33-22)18-6-8-24-23(13-18)35-17(2)41-24;1-4-6(10)5(2-9)8-3-7-4;1-2;2-1-3/h5-8,13-14,16H,4,9-12,15H2,1-3H3,(H,33,34,36);2,8-9H,3H2,1H3;1-2H3;1H,(H2,2,3)/b;5-2+;;. The number of nitrogens with zero attached hydrogens (tertiary/aromatic N) is 7. The number of hydrogen-bond acceptors (Lipinski definition) is 12. The number of halogens is 4. The van der Waals surface area contributed by atoms with Gasteiger partial charge in [0.1, 0.15) is 36.2 Å². The number of nitrogens with one attached hydrogen (secondary N) is 2. The van der Waals surface area contributed by atoms with E-state index in [2.05, 4.69) is 41.0 Å². The Bertz CT molecular complexity index is 2150. The number of aliphatic hydroxyl groups is 1. The van der Waals surface area contributed by atoms with Gasteiger partial charge in [-0.3, -0.25) is 24.5 Å². The molecule has 2 aromatic heterocycles. The zero-order valence-electron chi connectivity index (χ0n) is 31.9. The van der Waals surface area contributed by atoms with Crippen molar-refractivity contribution < 1.29 is 32.3 Å². The second-order valence-electron chi connectivity index (χ2n) is 12.0. The highest BCUT2D eigenvalue weighted by Gasteiger charge is 2.31. The van der Waals surface area contributed by atoms with Gasteiger partial charge in [0.15, 0.2) is 17.3 Å². The summed E-state index contributed by atoms with van der Waals surface area (Å²) >= 11 is 6.32. The van der Waals surface area contributed by atoms with Gasteiger partial charge in [0.05, 0.1) is 23.5 Å². The summed E-state index contributed by atoms with van der Waals surface area (Å²) in [6.07, 6.45) is -1.66. The normalized spacial score (nSPS) is 14.9. The van der Waals surface area contributed by atoms with E-state index >= 15 is 0 Å². The van der Waals surface area contributed by atoms with Crippen molar-refractivity contribution in [2.24, 2.45) is 10.7 Å². The maximum atomic E-state index is 14.3. The van der Waals surface area contributed by atoms with Crippen molar-refractivity contribution in [3.8, 4) is 11.4 Å². The molecule has 2 aliphatic heterocycles. The Morgan fingerprint density at radius 1 is 1.05 bits per heavy atom. The van der Waals surface area contributed by atoms with Gasteiger partial charge < -0.3 is 30.4 Å². The minimum atomic E-state index is -4.54. The summed E-state index contributed by atoms with van der Waals surface area (Å²) in [6, 6.07) is 8.40. The lowest BCUT2D eigenvalue weighted by atomic mass is 10.1. The first-order chi connectivity index (χ1) is 26.7. The number of carbonyl (C=O) groups is 2. The Morgan fingerprint density at radius 3 is 2.32 bits per heavy atom. The molecule has 2 aromatic carbocycles. The molecule has 0 spiro atoms. The average molecular weight is 803 g/mol. The SMILES string of the molecule is CC.CC1=NCN/C(=C/O)C1=O.CCc1ncnc(-c2ccc3oc(C)nc3c2)[nH]n(Cc2ccc(C(F)(F)F)cc2Cl)c(=O)c1N1CCN(C)CC1.NC=O. The molecule has 0 unspecified atom stereocenters. The fourth-order valence-electron chi connectivity index (χ4n) is 5.44. The van der Waals surface area contributed by atoms with Crippen LogP contribution in [0, 0.1) is 6.92 Å². The van der Waals surface area contributed by atoms with Crippen LogP contribution in [-0.4, -0.2) is 92.5 Å². The Hall–Kier alpha value is -5.75. The molecule has 1 amide bonds. The second-order valence-corrected chi connectivity index (χ2v) is 12.4. The van der Waals surface area contributed by atoms with Gasteiger partial charge >= 0.3 is 6.18 Å². The van der Waals surface area contributed by atoms with Crippen LogP contribution < -0.4 is 21.5 Å². The first kappa shape index (κ1) is 44.6. The third-order valence-corrected chi connectivity index (χ3v) is 8.63. The maximum Gasteiger partial charge on any atom is 0.416 e. The van der Waals surface area contributed by atoms with Gasteiger partial charge in [0.2, 0.25) is 12.2 Å². The predicted molar refractivity (Wildman–Crippen MR) is 209 cm³/mol. The molecular weight excluding hydrogens is 757 g/mol. The van der Waals surface area contributed by atoms with Gasteiger partial charge in [0, 0.05) is 43.7 Å². The summed E-state index contributed by atoms with van der Waals surface area (Å²) in [5, 5.41) is 14.1. The number of aryl methyl sites for hydroxylation is 2. The van der Waals surface area contributed by atoms with Gasteiger partial charge in [-0.1, -0.05) is 38.4 Å². The van der Waals surface area contributed by atoms with Crippen molar-refractivity contribution in [3.05, 3.63) is 92.8 Å². The number of Topliss-reactive ketones (excluding diaryl/α,β-unsaturated/α-hetero) is 1. The van der Waals surface area contributed by atoms with Gasteiger partial charge in [-0.2, -0.15) is 13.2 Å². The molecule has 4 heterocycles. The summed E-state index contributed by atoms with van der Waals surface area (Å²) in [4.78, 5) is 55.3. The maximum absolute atomic E-state index is 14.3. The number of aromatic amines is 1. The smallest absolute Gasteiger partial charge is 0.416 e. The number of hydrogen-bond donors (Lipinski definition) is 4. The number of fused-ring (bicyclic) bond motifs is 1. The Labute approximate surface area is 326 Å². The Morgan fingerprint density at radius 2 is 1.73 bits per heavy atom. The second kappa shape index (κ2) is 20.8. The first-order valence-electron chi connectivity index (χ1n) is 17.6. The molecule has 0 aliphatic carbocycles. The highest BCUT2D eigenvalue weighted by atomic mass is 35.5. The van der Waals surface area contributed by atoms with Crippen molar-refractivity contribution in [2.75, 3.05) is 44.8 Å². The summed E-state index contributed by atoms with van der Waals surface area (Å²) < 4.78 is 46.8. The number of likely N-dealkylation sites (N-methyl/N-ethyl adjacent to an activating group) is 1. The van der Waals surface area contributed by atoms with E-state index in [4.69, 9.17) is 25.9 Å². The molecule has 15 nitrogen and oxygen atoms in total. The lowest BCUT2D eigenvalue weighted by Crippen LogP contribution is -2.47. The van der Waals surface area contributed by atoms with Crippen LogP contribution in [0.2, 0.25) is 5.02 Å². The molecule has 5 N–H and O–H groups in total. The lowest BCUT2D eigenvalue weighted by molar-refractivity contribution is -0.137. The van der Waals surface area contributed by atoms with E-state index < -0.39 is 17.3 Å². The number of alkyl halides is 3. The summed E-state index contributed by atoms with van der Waals surface area (Å²) in [7, 11) is 2.02. The molecule has 0 atom stereocenters. The Kier molecular flexibility index (Phi) is 16.6. The third kappa shape index (κ3) is 11.6. The highest BCUT2D eigenvalue weighted by Crippen LogP contribution is 2.32. The van der Waals surface area contributed by atoms with Crippen molar-refractivity contribution in [2.45, 2.75) is 53.8 Å². The molecule has 0 saturated carbocycles. The van der Waals surface area contributed by atoms with Crippen LogP contribution in [-0.2, 0) is 28.7 Å². The number of primary amides is 1. The van der Waals surface area contributed by atoms with Gasteiger partial charge in [-0.25, -0.2) is 19.6 Å². The lowest BCUT2D eigenvalue weighted by Gasteiger charge is -2.34. The van der Waals surface area contributed by atoms with Gasteiger partial charge in [0.25, 0.3) is 5.56 Å². The number of aliphatic imine (C=N–C) groups is 1. The van der Waals surface area contributed by atoms with Crippen LogP contribution in [0.5, 0.6) is 0 Å². The van der Waals surface area contributed by atoms with Crippen LogP contribution in [0.25, 0.3) is 22.5 Å². The van der Waals surface area contributed by atoms with E-state index in [0.29, 0.717) is 77.2 Å². The number of aromatic nitrogens is 5. The van der Waals surface area contributed by atoms with Crippen LogP contribution in [0.15, 0.2) is 68.9 Å². The molecule has 6 rings (SSSR count). The molecule has 302 valence electrons. The molecule has 2 aliphatic rings. The number of anilines is 1. The Balaban J connectivity index is 0.000000475. The molecule has 19 heteroatoms. The number of benzene rings is 2. The van der Waals surface area contributed by atoms with Crippen molar-refractivity contribution in [1.82, 2.24) is 34.9 Å². The fourth-order valence-corrected chi connectivity index (χ4v) is 5.68. The van der Waals surface area contributed by atoms with E-state index in [1.165, 1.54) is 17.1 Å². The largest absolute Gasteiger partial charge is 0.513 e. The zero-order chi connectivity index (χ0) is 41.6. The summed E-state index contributed by atoms with van der Waals surface area (Å²) in [5.74, 6) is 0.557. The number of rotatable bonds is 5. The summed E-state index contributed by atoms with van der Waals surface area (Å²) in [5.41, 5.74) is 6.65. The molecule has 0 bridgehead atoms. The topological polar surface area (TPSA) is 201 Å². The van der Waals surface area contributed by atoms with Crippen LogP contribution >= 0.6 is 11.6 Å². The third-order valence-electron chi connectivity index (χ3n) is 8.28. The average Bonchev–Trinajstić information content (AvgIpc) is 3.58. The molecule has 1 fully saturated rings. The zero-order valence-corrected chi connectivity index (χ0v) is 32.7. The minimum absolute atomic E-state index is 0.107. The first-order valence-corrected chi connectivity index (χ1v) is 18.0. The van der Waals surface area contributed by atoms with Gasteiger partial charge in [-0.05, 0) is 56.3 Å². The number of H-pyrrole nitrogens is 1. The number of carbonyl (C=O) groups excluding carboxylic acids is 2. The number of ketones is 1. The number of aliphatic hydroxyl groups excluding tert-OH is 1. The molecule has 56 heavy (non-hydrogen) atoms. The van der Waals surface area contributed by atoms with Crippen molar-refractivity contribution in [1.29, 1.82) is 0 Å². The van der Waals surface area contributed by atoms with Crippen molar-refractivity contribution >= 4 is 46.3 Å². The fraction of sp³-hybridized carbons (Fsp3) is 0.378. The molecule has 1 saturated heterocycles. The highest BCUT2D eigenvalue weighted by molar-refractivity contribution is 6.45. The van der Waals surface area contributed by atoms with E-state index in [1.807, 2.05) is 32.7 Å². The van der Waals surface area contributed by atoms with E-state index in [0.717, 1.165) is 31.5 Å². The van der Waals surface area contributed by atoms with E-state index in [-0.39, 0.29) is 29.5 Å². The number of nitrogens with two attached hydrogens (primary N) is 1. The monoisotopic (exact) mass is 802 g/mol. The quantitative estimate of drug-likeness (QED) is 0.115. The number of piperazine rings is 1. The number of oxazole rings is 1. The van der Waals surface area contributed by atoms with E-state index in [9.17, 15) is 22.8 Å². The number of allylic oxidation sites excluding steroid dienone is 1. The van der Waals surface area contributed by atoms with E-state index in [1.54, 1.807) is 32.0 Å². The summed E-state index contributed by atoms with van der Waals surface area (Å²) in [6.45, 7) is 12.2. The van der Waals surface area contributed by atoms with Crippen LogP contribution in [0.4, 0.5) is 18.9 Å². The minimum Gasteiger partial charge on any atom is -0.513 e. The molecule has 0 radical (unpaired) electrons. The predicted octanol–water partition coefficient (Wildman–Crippen LogP) is 5.35. The van der Waals surface area contributed by atoms with Crippen LogP contribution in [0.1, 0.15) is 50.4 Å². The van der Waals surface area contributed by atoms with Crippen molar-refractivity contribution in [3.63, 3.8) is 0 Å².